The van der Waals surface area contributed by atoms with E-state index in [1.54, 1.807) is 7.05 Å². The number of rotatable bonds is 6. The number of nitrogens with zero attached hydrogens (tertiary/aromatic N) is 2. The molecule has 0 fully saturated rings. The maximum Gasteiger partial charge on any atom is 0.208 e. The number of aliphatic imine (C=N–C) groups is 1. The van der Waals surface area contributed by atoms with Crippen LogP contribution in [-0.2, 0) is 16.6 Å². The molecule has 0 bridgehead atoms. The lowest BCUT2D eigenvalue weighted by molar-refractivity contribution is 0.476. The molecule has 0 amide bonds. The molecule has 21 heavy (non-hydrogen) atoms. The number of guanidine groups is 1. The van der Waals surface area contributed by atoms with E-state index in [0.29, 0.717) is 25.6 Å². The third-order valence-electron chi connectivity index (χ3n) is 2.71. The summed E-state index contributed by atoms with van der Waals surface area (Å²) in [6, 6.07) is 7.99. The van der Waals surface area contributed by atoms with Crippen LogP contribution in [0.3, 0.4) is 0 Å². The van der Waals surface area contributed by atoms with Crippen LogP contribution >= 0.6 is 15.9 Å². The molecule has 1 aromatic carbocycles. The summed E-state index contributed by atoms with van der Waals surface area (Å²) >= 11 is 3.52. The highest BCUT2D eigenvalue weighted by atomic mass is 79.9. The number of benzene rings is 1. The van der Waals surface area contributed by atoms with Gasteiger partial charge in [-0.3, -0.25) is 4.99 Å². The van der Waals surface area contributed by atoms with E-state index in [4.69, 9.17) is 0 Å². The van der Waals surface area contributed by atoms with Gasteiger partial charge in [-0.1, -0.05) is 34.1 Å². The molecule has 0 heterocycles. The van der Waals surface area contributed by atoms with Gasteiger partial charge in [0.1, 0.15) is 0 Å². The normalized spacial score (nSPS) is 12.3. The molecule has 8 heteroatoms. The predicted molar refractivity (Wildman–Crippen MR) is 89.8 cm³/mol. The van der Waals surface area contributed by atoms with E-state index in [-0.39, 0.29) is 0 Å². The molecule has 2 N–H and O–H groups in total. The van der Waals surface area contributed by atoms with Crippen molar-refractivity contribution in [1.82, 2.24) is 14.9 Å². The first kappa shape index (κ1) is 17.9. The van der Waals surface area contributed by atoms with Crippen molar-refractivity contribution >= 4 is 31.9 Å². The second-order valence-corrected chi connectivity index (χ2v) is 7.28. The fourth-order valence-electron chi connectivity index (χ4n) is 1.75. The molecule has 0 saturated carbocycles. The Balaban J connectivity index is 2.51. The minimum Gasteiger partial charge on any atom is -0.355 e. The predicted octanol–water partition coefficient (Wildman–Crippen LogP) is 1.01. The van der Waals surface area contributed by atoms with Crippen LogP contribution in [0.1, 0.15) is 5.56 Å². The van der Waals surface area contributed by atoms with Gasteiger partial charge < -0.3 is 10.2 Å². The van der Waals surface area contributed by atoms with Gasteiger partial charge in [-0.05, 0) is 11.6 Å². The van der Waals surface area contributed by atoms with E-state index < -0.39 is 10.0 Å². The van der Waals surface area contributed by atoms with Crippen molar-refractivity contribution < 1.29 is 8.42 Å². The van der Waals surface area contributed by atoms with Crippen molar-refractivity contribution in [3.05, 3.63) is 34.3 Å². The molecule has 118 valence electrons. The summed E-state index contributed by atoms with van der Waals surface area (Å²) in [5, 5.41) is 3.12. The third-order valence-corrected chi connectivity index (χ3v) is 4.21. The molecule has 6 nitrogen and oxygen atoms in total. The summed E-state index contributed by atoms with van der Waals surface area (Å²) in [4.78, 5) is 6.16. The smallest absolute Gasteiger partial charge is 0.208 e. The largest absolute Gasteiger partial charge is 0.355 e. The standard InChI is InChI=1S/C13H21BrN4O2S/c1-15-13(16-8-9-17-21(3,19)20)18(2)10-11-6-4-5-7-12(11)14/h4-7,17H,8-10H2,1-3H3,(H,15,16). The van der Waals surface area contributed by atoms with Gasteiger partial charge in [0.05, 0.1) is 6.26 Å². The Labute approximate surface area is 134 Å². The highest BCUT2D eigenvalue weighted by Crippen LogP contribution is 2.17. The van der Waals surface area contributed by atoms with Crippen LogP contribution in [-0.4, -0.2) is 52.7 Å². The zero-order chi connectivity index (χ0) is 15.9. The van der Waals surface area contributed by atoms with Crippen LogP contribution in [0.15, 0.2) is 33.7 Å². The minimum absolute atomic E-state index is 0.320. The first-order valence-electron chi connectivity index (χ1n) is 6.43. The summed E-state index contributed by atoms with van der Waals surface area (Å²) in [6.45, 7) is 1.49. The molecule has 0 aromatic heterocycles. The Kier molecular flexibility index (Phi) is 7.13. The van der Waals surface area contributed by atoms with Gasteiger partial charge in [-0.2, -0.15) is 0 Å². The van der Waals surface area contributed by atoms with Gasteiger partial charge in [-0.25, -0.2) is 13.1 Å². The van der Waals surface area contributed by atoms with Gasteiger partial charge in [0.2, 0.25) is 10.0 Å². The Bertz CT molecular complexity index is 590. The third kappa shape index (κ3) is 6.92. The first-order valence-corrected chi connectivity index (χ1v) is 9.11. The van der Waals surface area contributed by atoms with E-state index in [9.17, 15) is 8.42 Å². The number of hydrogen-bond acceptors (Lipinski definition) is 3. The van der Waals surface area contributed by atoms with Crippen LogP contribution in [0.2, 0.25) is 0 Å². The molecular weight excluding hydrogens is 356 g/mol. The average Bonchev–Trinajstić information content (AvgIpc) is 2.40. The minimum atomic E-state index is -3.15. The van der Waals surface area contributed by atoms with Crippen LogP contribution in [0.25, 0.3) is 0 Å². The molecule has 0 atom stereocenters. The van der Waals surface area contributed by atoms with Crippen LogP contribution < -0.4 is 10.0 Å². The summed E-state index contributed by atoms with van der Waals surface area (Å²) < 4.78 is 25.4. The highest BCUT2D eigenvalue weighted by Gasteiger charge is 2.08. The molecule has 0 unspecified atom stereocenters. The number of nitrogens with one attached hydrogen (secondary N) is 2. The van der Waals surface area contributed by atoms with Crippen molar-refractivity contribution in [3.63, 3.8) is 0 Å². The van der Waals surface area contributed by atoms with E-state index in [1.165, 1.54) is 0 Å². The van der Waals surface area contributed by atoms with Crippen molar-refractivity contribution in [2.24, 2.45) is 4.99 Å². The van der Waals surface area contributed by atoms with Crippen LogP contribution in [0.5, 0.6) is 0 Å². The molecule has 1 rings (SSSR count). The Hall–Kier alpha value is -1.12. The van der Waals surface area contributed by atoms with Gasteiger partial charge in [-0.15, -0.1) is 0 Å². The topological polar surface area (TPSA) is 73.8 Å². The number of halogens is 1. The van der Waals surface area contributed by atoms with Crippen molar-refractivity contribution in [2.45, 2.75) is 6.54 Å². The van der Waals surface area contributed by atoms with Gasteiger partial charge in [0, 0.05) is 38.2 Å². The number of hydrogen-bond donors (Lipinski definition) is 2. The fourth-order valence-corrected chi connectivity index (χ4v) is 2.64. The van der Waals surface area contributed by atoms with Gasteiger partial charge in [0.15, 0.2) is 5.96 Å². The zero-order valence-electron chi connectivity index (χ0n) is 12.4. The SMILES string of the molecule is CN=C(NCCNS(C)(=O)=O)N(C)Cc1ccccc1Br. The van der Waals surface area contributed by atoms with Gasteiger partial charge >= 0.3 is 0 Å². The maximum atomic E-state index is 11.0. The van der Waals surface area contributed by atoms with E-state index >= 15 is 0 Å². The van der Waals surface area contributed by atoms with Crippen molar-refractivity contribution in [1.29, 1.82) is 0 Å². The monoisotopic (exact) mass is 376 g/mol. The molecular formula is C13H21BrN4O2S. The molecule has 1 aromatic rings. The Morgan fingerprint density at radius 1 is 1.33 bits per heavy atom. The lowest BCUT2D eigenvalue weighted by Crippen LogP contribution is -2.42. The molecule has 0 spiro atoms. The summed E-state index contributed by atoms with van der Waals surface area (Å²) in [5.41, 5.74) is 1.15. The summed E-state index contributed by atoms with van der Waals surface area (Å²) in [6.07, 6.45) is 1.14. The number of sulfonamides is 1. The second-order valence-electron chi connectivity index (χ2n) is 4.59. The molecule has 0 aliphatic rings. The van der Waals surface area contributed by atoms with E-state index in [0.717, 1.165) is 16.3 Å². The zero-order valence-corrected chi connectivity index (χ0v) is 14.8. The fraction of sp³-hybridized carbons (Fsp3) is 0.462. The van der Waals surface area contributed by atoms with Crippen LogP contribution in [0, 0.1) is 0 Å². The first-order chi connectivity index (χ1) is 9.83. The molecule has 0 aliphatic carbocycles. The van der Waals surface area contributed by atoms with Crippen molar-refractivity contribution in [2.75, 3.05) is 33.4 Å². The Morgan fingerprint density at radius 3 is 2.57 bits per heavy atom. The molecule has 0 saturated heterocycles. The quantitative estimate of drug-likeness (QED) is 0.441. The second kappa shape index (κ2) is 8.35. The average molecular weight is 377 g/mol. The Morgan fingerprint density at radius 2 is 2.00 bits per heavy atom. The van der Waals surface area contributed by atoms with Crippen LogP contribution in [0.4, 0.5) is 0 Å². The van der Waals surface area contributed by atoms with Crippen molar-refractivity contribution in [3.8, 4) is 0 Å². The summed E-state index contributed by atoms with van der Waals surface area (Å²) in [5.74, 6) is 0.709. The van der Waals surface area contributed by atoms with Gasteiger partial charge in [0.25, 0.3) is 0 Å². The van der Waals surface area contributed by atoms with E-state index in [2.05, 4.69) is 31.0 Å². The molecule has 0 radical (unpaired) electrons. The lowest BCUT2D eigenvalue weighted by atomic mass is 10.2. The maximum absolute atomic E-state index is 11.0. The van der Waals surface area contributed by atoms with E-state index in [1.807, 2.05) is 36.2 Å². The lowest BCUT2D eigenvalue weighted by Gasteiger charge is -2.22. The highest BCUT2D eigenvalue weighted by molar-refractivity contribution is 9.10. The summed E-state index contributed by atoms with van der Waals surface area (Å²) in [7, 11) is 0.474. The molecule has 0 aliphatic heterocycles.